The van der Waals surface area contributed by atoms with Gasteiger partial charge < -0.3 is 29.8 Å². The van der Waals surface area contributed by atoms with Crippen molar-refractivity contribution < 1.29 is 18.3 Å². The van der Waals surface area contributed by atoms with Crippen molar-refractivity contribution in [1.82, 2.24) is 9.13 Å². The molecule has 10 aromatic rings. The smallest absolute Gasteiger partial charge is 0.346 e. The molecular weight excluding hydrogens is 801 g/mol. The average molecular weight is 831 g/mol. The number of benzene rings is 6. The summed E-state index contributed by atoms with van der Waals surface area (Å²) in [7, 11) is 1.37. The maximum Gasteiger partial charge on any atom is 0.346 e. The summed E-state index contributed by atoms with van der Waals surface area (Å²) in [6.07, 6.45) is 0. The van der Waals surface area contributed by atoms with Crippen LogP contribution in [-0.4, -0.2) is 9.13 Å². The predicted molar refractivity (Wildman–Crippen MR) is 234 cm³/mol. The zero-order chi connectivity index (χ0) is 44.0. The second-order valence-electron chi connectivity index (χ2n) is 14.0. The molecule has 0 saturated carbocycles. The lowest BCUT2D eigenvalue weighted by Crippen LogP contribution is -2.23. The summed E-state index contributed by atoms with van der Waals surface area (Å²) >= 11 is 0. The topological polar surface area (TPSA) is 243 Å². The Morgan fingerprint density at radius 1 is 0.403 bits per heavy atom. The molecule has 0 fully saturated rings. The van der Waals surface area contributed by atoms with Gasteiger partial charge in [0.2, 0.25) is 0 Å². The maximum absolute atomic E-state index is 12.9. The number of ether oxygens (including phenoxy) is 2. The number of nitrogens with zero attached hydrogens (tertiary/aromatic N) is 2. The van der Waals surface area contributed by atoms with Crippen LogP contribution in [0.25, 0.3) is 48.8 Å². The van der Waals surface area contributed by atoms with Gasteiger partial charge in [0, 0.05) is 18.4 Å². The lowest BCUT2D eigenvalue weighted by atomic mass is 10.1. The van der Waals surface area contributed by atoms with Gasteiger partial charge in [-0.2, -0.15) is 0 Å². The van der Waals surface area contributed by atoms with Crippen LogP contribution in [-0.2, 0) is 7.05 Å². The van der Waals surface area contributed by atoms with Crippen molar-refractivity contribution in [2.75, 3.05) is 11.5 Å². The van der Waals surface area contributed by atoms with E-state index in [0.29, 0.717) is 17.2 Å². The van der Waals surface area contributed by atoms with Crippen molar-refractivity contribution in [3.63, 3.8) is 0 Å². The summed E-state index contributed by atoms with van der Waals surface area (Å²) in [6.45, 7) is 1.99. The molecule has 0 bridgehead atoms. The van der Waals surface area contributed by atoms with Gasteiger partial charge >= 0.3 is 22.5 Å². The number of nitrogen functional groups attached to an aromatic ring is 2. The molecule has 0 radical (unpaired) electrons. The molecule has 6 aromatic carbocycles. The van der Waals surface area contributed by atoms with E-state index in [4.69, 9.17) is 20.9 Å². The van der Waals surface area contributed by atoms with Gasteiger partial charge in [0.25, 0.3) is 22.2 Å². The summed E-state index contributed by atoms with van der Waals surface area (Å²) in [4.78, 5) is 95.1. The second kappa shape index (κ2) is 15.7. The van der Waals surface area contributed by atoms with E-state index in [1.54, 1.807) is 48.5 Å². The van der Waals surface area contributed by atoms with Crippen LogP contribution in [0.3, 0.4) is 0 Å². The minimum Gasteiger partial charge on any atom is -0.457 e. The molecule has 62 heavy (non-hydrogen) atoms. The van der Waals surface area contributed by atoms with Crippen LogP contribution in [0.15, 0.2) is 169 Å². The van der Waals surface area contributed by atoms with Gasteiger partial charge in [-0.05, 0) is 116 Å². The minimum atomic E-state index is -0.824. The SMILES string of the molecule is Cc1ccc(Oc2ccc(-n3c(=O)c4cc5c(=O)n(C)c(=O)c5cc4c3=O)cc2)cc1.Nc1ccc(Oc2ccc(N)cc2)cc1.O=c1oc(=O)c2cc3c(=O)oc(=O)c3cc12. The zero-order valence-electron chi connectivity index (χ0n) is 32.5. The quantitative estimate of drug-likeness (QED) is 0.224. The van der Waals surface area contributed by atoms with Gasteiger partial charge in [0.1, 0.15) is 23.0 Å². The highest BCUT2D eigenvalue weighted by molar-refractivity contribution is 5.98. The zero-order valence-corrected chi connectivity index (χ0v) is 32.5. The first-order chi connectivity index (χ1) is 29.7. The molecule has 0 aliphatic carbocycles. The van der Waals surface area contributed by atoms with E-state index in [9.17, 15) is 38.4 Å². The fourth-order valence-corrected chi connectivity index (χ4v) is 6.61. The third-order valence-corrected chi connectivity index (χ3v) is 9.85. The third kappa shape index (κ3) is 7.46. The molecule has 16 heteroatoms. The second-order valence-corrected chi connectivity index (χ2v) is 14.0. The van der Waals surface area contributed by atoms with Gasteiger partial charge in [0.15, 0.2) is 0 Å². The van der Waals surface area contributed by atoms with Crippen LogP contribution >= 0.6 is 0 Å². The molecule has 0 saturated heterocycles. The molecule has 0 spiro atoms. The van der Waals surface area contributed by atoms with E-state index < -0.39 is 44.7 Å². The van der Waals surface area contributed by atoms with Crippen LogP contribution in [0.5, 0.6) is 23.0 Å². The van der Waals surface area contributed by atoms with Crippen LogP contribution < -0.4 is 65.7 Å². The summed E-state index contributed by atoms with van der Waals surface area (Å²) in [5.41, 5.74) is 8.73. The first-order valence-corrected chi connectivity index (χ1v) is 18.5. The Kier molecular flexibility index (Phi) is 10.1. The largest absolute Gasteiger partial charge is 0.457 e. The number of nitrogens with two attached hydrogens (primary N) is 2. The highest BCUT2D eigenvalue weighted by atomic mass is 16.5. The molecule has 306 valence electrons. The average Bonchev–Trinajstić information content (AvgIpc) is 3.88. The summed E-state index contributed by atoms with van der Waals surface area (Å²) in [5.74, 6) is 2.75. The van der Waals surface area contributed by atoms with E-state index in [0.717, 1.165) is 49.7 Å². The molecule has 16 nitrogen and oxygen atoms in total. The number of aryl methyl sites for hydroxylation is 1. The number of anilines is 2. The van der Waals surface area contributed by atoms with E-state index in [1.165, 1.54) is 19.2 Å². The number of hydrogen-bond donors (Lipinski definition) is 2. The summed E-state index contributed by atoms with van der Waals surface area (Å²) < 4.78 is 22.0. The van der Waals surface area contributed by atoms with Crippen LogP contribution in [0.1, 0.15) is 5.56 Å². The standard InChI is InChI=1S/C24H16N2O5.C12H12N2O.C10H2O6/c1-13-3-7-15(8-4-13)31-16-9-5-14(6-10-16)26-23(29)19-11-17-18(12-20(19)24(26)30)22(28)25(2)21(17)27;13-9-1-5-11(6-2-9)15-12-7-3-10(14)4-8-12;11-7-3-1-4-6(10(14)16-8(4)12)2-5(3)9(13)15-7/h3-12H,1-2H3;1-8H,13-14H2;1-2H. The maximum atomic E-state index is 12.9. The van der Waals surface area contributed by atoms with E-state index in [-0.39, 0.29) is 43.1 Å². The fourth-order valence-electron chi connectivity index (χ4n) is 6.61. The molecule has 4 heterocycles. The lowest BCUT2D eigenvalue weighted by Gasteiger charge is -2.07. The highest BCUT2D eigenvalue weighted by Crippen LogP contribution is 2.25. The minimum absolute atomic E-state index is 0.0181. The number of rotatable bonds is 5. The van der Waals surface area contributed by atoms with Gasteiger partial charge in [-0.15, -0.1) is 0 Å². The van der Waals surface area contributed by atoms with Crippen LogP contribution in [0, 0.1) is 6.92 Å². The normalized spacial score (nSPS) is 11.1. The van der Waals surface area contributed by atoms with E-state index in [1.807, 2.05) is 55.5 Å². The van der Waals surface area contributed by atoms with Crippen molar-refractivity contribution >= 4 is 54.5 Å². The Balaban J connectivity index is 0.000000143. The van der Waals surface area contributed by atoms with Crippen LogP contribution in [0.2, 0.25) is 0 Å². The molecule has 0 unspecified atom stereocenters. The Bertz CT molecular complexity index is 3500. The number of hydrogen-bond acceptors (Lipinski definition) is 14. The van der Waals surface area contributed by atoms with Crippen molar-refractivity contribution in [1.29, 1.82) is 0 Å². The molecule has 0 amide bonds. The van der Waals surface area contributed by atoms with Crippen molar-refractivity contribution in [3.05, 3.63) is 210 Å². The first kappa shape index (κ1) is 39.9. The molecule has 0 atom stereocenters. The van der Waals surface area contributed by atoms with Gasteiger partial charge in [-0.1, -0.05) is 17.7 Å². The Labute approximate surface area is 345 Å². The van der Waals surface area contributed by atoms with Gasteiger partial charge in [-0.25, -0.2) is 23.7 Å². The van der Waals surface area contributed by atoms with Gasteiger partial charge in [-0.3, -0.25) is 23.7 Å². The lowest BCUT2D eigenvalue weighted by molar-refractivity contribution is 0.482. The third-order valence-electron chi connectivity index (χ3n) is 9.85. The predicted octanol–water partition coefficient (Wildman–Crippen LogP) is 4.68. The van der Waals surface area contributed by atoms with Crippen molar-refractivity contribution in [2.45, 2.75) is 6.92 Å². The Hall–Kier alpha value is -8.92. The van der Waals surface area contributed by atoms with E-state index >= 15 is 0 Å². The number of furan rings is 2. The molecule has 10 rings (SSSR count). The first-order valence-electron chi connectivity index (χ1n) is 18.5. The molecular formula is C46H30N4O12. The molecule has 0 aliphatic heterocycles. The van der Waals surface area contributed by atoms with Crippen molar-refractivity contribution in [2.24, 2.45) is 7.05 Å². The fraction of sp³-hybridized carbons (Fsp3) is 0.0435. The summed E-state index contributed by atoms with van der Waals surface area (Å²) in [5, 5.41) is 0.421. The molecule has 4 N–H and O–H groups in total. The van der Waals surface area contributed by atoms with E-state index in [2.05, 4.69) is 8.83 Å². The Morgan fingerprint density at radius 3 is 1.05 bits per heavy atom. The molecule has 4 aromatic heterocycles. The Morgan fingerprint density at radius 2 is 0.694 bits per heavy atom. The highest BCUT2D eigenvalue weighted by Gasteiger charge is 2.20. The number of fused-ring (bicyclic) bond motifs is 4. The molecule has 0 aliphatic rings. The monoisotopic (exact) mass is 830 g/mol. The summed E-state index contributed by atoms with van der Waals surface area (Å²) in [6, 6.07) is 33.6. The van der Waals surface area contributed by atoms with Crippen LogP contribution in [0.4, 0.5) is 11.4 Å². The van der Waals surface area contributed by atoms with Crippen molar-refractivity contribution in [3.8, 4) is 28.7 Å². The number of aromatic nitrogens is 2. The van der Waals surface area contributed by atoms with Gasteiger partial charge in [0.05, 0.1) is 48.8 Å².